The van der Waals surface area contributed by atoms with Crippen molar-refractivity contribution in [1.29, 1.82) is 0 Å². The molecule has 3 aliphatic rings. The minimum atomic E-state index is -0.302. The third kappa shape index (κ3) is 4.34. The van der Waals surface area contributed by atoms with E-state index in [0.717, 1.165) is 51.1 Å². The third-order valence-electron chi connectivity index (χ3n) is 7.86. The van der Waals surface area contributed by atoms with Gasteiger partial charge in [0.25, 0.3) is 11.5 Å². The second-order valence-corrected chi connectivity index (χ2v) is 9.92. The number of methoxy groups -OCH3 is 1. The molecule has 8 heteroatoms. The lowest BCUT2D eigenvalue weighted by molar-refractivity contribution is -0.937. The zero-order valence-electron chi connectivity index (χ0n) is 19.9. The topological polar surface area (TPSA) is 85.1 Å². The number of nitrogens with zero attached hydrogens (tertiary/aromatic N) is 2. The molecule has 0 saturated carbocycles. The Morgan fingerprint density at radius 3 is 2.47 bits per heavy atom. The number of rotatable bonds is 4. The molecule has 0 aliphatic carbocycles. The smallest absolute Gasteiger partial charge is 0.274 e. The van der Waals surface area contributed by atoms with Crippen LogP contribution >= 0.6 is 0 Å². The minimum Gasteiger partial charge on any atom is -0.497 e. The highest BCUT2D eigenvalue weighted by Crippen LogP contribution is 2.31. The largest absolute Gasteiger partial charge is 0.497 e. The summed E-state index contributed by atoms with van der Waals surface area (Å²) in [5.41, 5.74) is 1.77. The van der Waals surface area contributed by atoms with Gasteiger partial charge < -0.3 is 24.4 Å². The number of hydrogen-bond acceptors (Lipinski definition) is 4. The second-order valence-electron chi connectivity index (χ2n) is 9.92. The van der Waals surface area contributed by atoms with Crippen LogP contribution in [0.3, 0.4) is 0 Å². The van der Waals surface area contributed by atoms with Gasteiger partial charge in [-0.1, -0.05) is 0 Å². The Labute approximate surface area is 199 Å². The zero-order valence-corrected chi connectivity index (χ0v) is 19.9. The summed E-state index contributed by atoms with van der Waals surface area (Å²) >= 11 is 0. The summed E-state index contributed by atoms with van der Waals surface area (Å²) in [5, 5.41) is 2.80. The molecular weight excluding hydrogens is 432 g/mol. The molecule has 34 heavy (non-hydrogen) atoms. The number of hydrogen-bond donors (Lipinski definition) is 2. The number of quaternary nitrogens is 1. The molecule has 0 spiro atoms. The first-order valence-electron chi connectivity index (χ1n) is 12.2. The quantitative estimate of drug-likeness (QED) is 0.709. The Bertz CT molecular complexity index is 1130. The predicted octanol–water partition coefficient (Wildman–Crippen LogP) is 1.12. The van der Waals surface area contributed by atoms with Crippen molar-refractivity contribution in [3.8, 4) is 5.75 Å². The fourth-order valence-electron chi connectivity index (χ4n) is 6.07. The van der Waals surface area contributed by atoms with Gasteiger partial charge >= 0.3 is 0 Å². The summed E-state index contributed by atoms with van der Waals surface area (Å²) in [6.07, 6.45) is 3.22. The van der Waals surface area contributed by atoms with E-state index >= 15 is 0 Å². The number of fused-ring (bicyclic) bond motifs is 4. The average molecular weight is 466 g/mol. The van der Waals surface area contributed by atoms with Crippen molar-refractivity contribution in [3.05, 3.63) is 58.0 Å². The van der Waals surface area contributed by atoms with Gasteiger partial charge in [0.2, 0.25) is 5.91 Å². The maximum absolute atomic E-state index is 13.3. The van der Waals surface area contributed by atoms with Crippen molar-refractivity contribution in [1.82, 2.24) is 9.47 Å². The van der Waals surface area contributed by atoms with Crippen molar-refractivity contribution < 1.29 is 19.2 Å². The number of pyridine rings is 1. The first kappa shape index (κ1) is 22.7. The first-order valence-corrected chi connectivity index (χ1v) is 12.2. The fourth-order valence-corrected chi connectivity index (χ4v) is 6.07. The second kappa shape index (κ2) is 9.25. The SMILES string of the molecule is COc1ccc(C(=O)Nc2ccc3n(c2=O)C[C@H]2C[C@@H]3C[NH+](C3CCN(C(C)=O)CC3)C2)cc1. The summed E-state index contributed by atoms with van der Waals surface area (Å²) in [5.74, 6) is 1.36. The van der Waals surface area contributed by atoms with Gasteiger partial charge in [-0.3, -0.25) is 14.4 Å². The van der Waals surface area contributed by atoms with E-state index in [1.54, 1.807) is 49.3 Å². The molecule has 8 nitrogen and oxygen atoms in total. The molecule has 4 heterocycles. The minimum absolute atomic E-state index is 0.118. The summed E-state index contributed by atoms with van der Waals surface area (Å²) in [7, 11) is 1.58. The summed E-state index contributed by atoms with van der Waals surface area (Å²) in [4.78, 5) is 41.2. The number of piperidine rings is 2. The van der Waals surface area contributed by atoms with E-state index < -0.39 is 0 Å². The molecule has 3 atom stereocenters. The Hall–Kier alpha value is -3.13. The summed E-state index contributed by atoms with van der Waals surface area (Å²) in [6, 6.07) is 11.2. The first-order chi connectivity index (χ1) is 16.4. The van der Waals surface area contributed by atoms with Crippen molar-refractivity contribution >= 4 is 17.5 Å². The number of amides is 2. The molecule has 3 aliphatic heterocycles. The van der Waals surface area contributed by atoms with Crippen LogP contribution in [0.15, 0.2) is 41.2 Å². The molecule has 0 radical (unpaired) electrons. The Kier molecular flexibility index (Phi) is 6.16. The molecular formula is C26H33N4O4+. The van der Waals surface area contributed by atoms with Crippen LogP contribution in [0.5, 0.6) is 5.75 Å². The van der Waals surface area contributed by atoms with E-state index in [9.17, 15) is 14.4 Å². The van der Waals surface area contributed by atoms with Crippen LogP contribution in [0.1, 0.15) is 48.2 Å². The van der Waals surface area contributed by atoms with Gasteiger partial charge in [0.05, 0.1) is 26.2 Å². The number of likely N-dealkylation sites (tertiary alicyclic amines) is 2. The Balaban J connectivity index is 1.29. The summed E-state index contributed by atoms with van der Waals surface area (Å²) in [6.45, 7) is 6.15. The molecule has 2 saturated heterocycles. The van der Waals surface area contributed by atoms with E-state index in [1.807, 2.05) is 15.5 Å². The highest BCUT2D eigenvalue weighted by atomic mass is 16.5. The number of anilines is 1. The van der Waals surface area contributed by atoms with E-state index in [-0.39, 0.29) is 17.4 Å². The van der Waals surface area contributed by atoms with Crippen molar-refractivity contribution in [3.63, 3.8) is 0 Å². The molecule has 2 bridgehead atoms. The molecule has 5 rings (SSSR count). The maximum Gasteiger partial charge on any atom is 0.274 e. The lowest BCUT2D eigenvalue weighted by Gasteiger charge is -2.45. The van der Waals surface area contributed by atoms with E-state index in [0.29, 0.717) is 41.4 Å². The van der Waals surface area contributed by atoms with Gasteiger partial charge in [-0.25, -0.2) is 0 Å². The predicted molar refractivity (Wildman–Crippen MR) is 128 cm³/mol. The lowest BCUT2D eigenvalue weighted by atomic mass is 9.82. The number of benzene rings is 1. The number of carbonyl (C=O) groups is 2. The van der Waals surface area contributed by atoms with Gasteiger partial charge in [0.15, 0.2) is 0 Å². The number of aromatic nitrogens is 1. The molecule has 2 aromatic rings. The fraction of sp³-hybridized carbons (Fsp3) is 0.500. The molecule has 1 aromatic heterocycles. The molecule has 180 valence electrons. The average Bonchev–Trinajstić information content (AvgIpc) is 2.86. The third-order valence-corrected chi connectivity index (χ3v) is 7.86. The monoisotopic (exact) mass is 465 g/mol. The Morgan fingerprint density at radius 1 is 1.06 bits per heavy atom. The normalized spacial score (nSPS) is 24.3. The van der Waals surface area contributed by atoms with Crippen LogP contribution in [0, 0.1) is 5.92 Å². The van der Waals surface area contributed by atoms with Gasteiger partial charge in [-0.05, 0) is 42.8 Å². The highest BCUT2D eigenvalue weighted by Gasteiger charge is 2.41. The van der Waals surface area contributed by atoms with Crippen LogP contribution < -0.4 is 20.5 Å². The molecule has 2 N–H and O–H groups in total. The zero-order chi connectivity index (χ0) is 23.8. The Morgan fingerprint density at radius 2 is 1.79 bits per heavy atom. The van der Waals surface area contributed by atoms with Crippen molar-refractivity contribution in [2.45, 2.75) is 44.7 Å². The number of carbonyl (C=O) groups excluding carboxylic acids is 2. The molecule has 1 aromatic carbocycles. The highest BCUT2D eigenvalue weighted by molar-refractivity contribution is 6.04. The van der Waals surface area contributed by atoms with E-state index in [1.165, 1.54) is 0 Å². The number of ether oxygens (including phenoxy) is 1. The maximum atomic E-state index is 13.3. The van der Waals surface area contributed by atoms with Gasteiger partial charge in [-0.15, -0.1) is 0 Å². The van der Waals surface area contributed by atoms with Gasteiger partial charge in [-0.2, -0.15) is 0 Å². The molecule has 2 fully saturated rings. The van der Waals surface area contributed by atoms with Crippen molar-refractivity contribution in [2.24, 2.45) is 5.92 Å². The standard InChI is InChI=1S/C26H32N4O4/c1-17(31)28-11-9-21(10-12-28)29-14-18-13-20(16-29)24-8-7-23(26(33)30(24)15-18)27-25(32)19-3-5-22(34-2)6-4-19/h3-8,18,20-21H,9-16H2,1-2H3,(H,27,32)/p+1/t18-,20+/m0/s1. The summed E-state index contributed by atoms with van der Waals surface area (Å²) < 4.78 is 7.03. The molecule has 2 amide bonds. The van der Waals surface area contributed by atoms with E-state index in [2.05, 4.69) is 5.32 Å². The van der Waals surface area contributed by atoms with Crippen LogP contribution in [0.2, 0.25) is 0 Å². The lowest BCUT2D eigenvalue weighted by Crippen LogP contribution is -3.18. The van der Waals surface area contributed by atoms with Crippen LogP contribution in [0.4, 0.5) is 5.69 Å². The van der Waals surface area contributed by atoms with Gasteiger partial charge in [0.1, 0.15) is 11.4 Å². The van der Waals surface area contributed by atoms with Crippen molar-refractivity contribution in [2.75, 3.05) is 38.6 Å². The van der Waals surface area contributed by atoms with E-state index in [4.69, 9.17) is 4.74 Å². The van der Waals surface area contributed by atoms with Crippen LogP contribution in [-0.4, -0.2) is 60.6 Å². The number of nitrogens with one attached hydrogen (secondary N) is 2. The van der Waals surface area contributed by atoms with Crippen LogP contribution in [-0.2, 0) is 11.3 Å². The van der Waals surface area contributed by atoms with Crippen LogP contribution in [0.25, 0.3) is 0 Å². The van der Waals surface area contributed by atoms with Gasteiger partial charge in [0, 0.05) is 62.5 Å². The molecule has 1 unspecified atom stereocenters.